The summed E-state index contributed by atoms with van der Waals surface area (Å²) in [5, 5.41) is 17.5. The summed E-state index contributed by atoms with van der Waals surface area (Å²) in [6, 6.07) is 15.3. The third kappa shape index (κ3) is 2.52. The average Bonchev–Trinajstić information content (AvgIpc) is 2.98. The van der Waals surface area contributed by atoms with Crippen molar-refractivity contribution in [2.75, 3.05) is 0 Å². The number of rotatable bonds is 4. The molecule has 0 aliphatic rings. The normalized spacial score (nSPS) is 10.3. The van der Waals surface area contributed by atoms with Gasteiger partial charge in [0.15, 0.2) is 5.78 Å². The van der Waals surface area contributed by atoms with Crippen molar-refractivity contribution in [2.24, 2.45) is 0 Å². The second kappa shape index (κ2) is 5.66. The fraction of sp³-hybridized carbons (Fsp3) is 0.0556. The van der Waals surface area contributed by atoms with E-state index < -0.39 is 0 Å². The fourth-order valence-electron chi connectivity index (χ4n) is 2.45. The topological polar surface area (TPSA) is 69.5 Å². The second-order valence-corrected chi connectivity index (χ2v) is 5.00. The number of para-hydroxylation sites is 1. The highest BCUT2D eigenvalue weighted by Gasteiger charge is 2.11. The minimum Gasteiger partial charge on any atom is -0.295 e. The molecule has 1 N–H and O–H groups in total. The quantitative estimate of drug-likeness (QED) is 0.748. The highest BCUT2D eigenvalue weighted by atomic mass is 16.1. The van der Waals surface area contributed by atoms with Crippen LogP contribution in [0.3, 0.4) is 0 Å². The summed E-state index contributed by atoms with van der Waals surface area (Å²) < 4.78 is 0. The Kier molecular flexibility index (Phi) is 3.55. The Balaban J connectivity index is 2.14. The van der Waals surface area contributed by atoms with E-state index in [1.165, 1.54) is 6.08 Å². The predicted octanol–water partition coefficient (Wildman–Crippen LogP) is 3.40. The zero-order valence-electron chi connectivity index (χ0n) is 11.8. The van der Waals surface area contributed by atoms with E-state index in [9.17, 15) is 10.1 Å². The Morgan fingerprint density at radius 1 is 1.32 bits per heavy atom. The van der Waals surface area contributed by atoms with E-state index in [0.717, 1.165) is 27.7 Å². The lowest BCUT2D eigenvalue weighted by atomic mass is 9.99. The first kappa shape index (κ1) is 13.8. The SMILES string of the molecule is C=CC(=O)Cc1cc(C#N)cc(-c2n[nH]c3ccccc23)c1. The lowest BCUT2D eigenvalue weighted by molar-refractivity contribution is -0.114. The molecule has 1 heterocycles. The van der Waals surface area contributed by atoms with Gasteiger partial charge in [-0.05, 0) is 35.9 Å². The molecule has 0 radical (unpaired) electrons. The summed E-state index contributed by atoms with van der Waals surface area (Å²) in [7, 11) is 0. The van der Waals surface area contributed by atoms with Crippen molar-refractivity contribution in [1.82, 2.24) is 10.2 Å². The number of nitrogens with one attached hydrogen (secondary N) is 1. The molecular formula is C18H13N3O. The number of hydrogen-bond donors (Lipinski definition) is 1. The lowest BCUT2D eigenvalue weighted by Gasteiger charge is -2.04. The highest BCUT2D eigenvalue weighted by molar-refractivity contribution is 5.94. The largest absolute Gasteiger partial charge is 0.295 e. The summed E-state index contributed by atoms with van der Waals surface area (Å²) in [5.74, 6) is -0.0760. The molecular weight excluding hydrogens is 274 g/mol. The molecule has 22 heavy (non-hydrogen) atoms. The van der Waals surface area contributed by atoms with Crippen molar-refractivity contribution in [2.45, 2.75) is 6.42 Å². The number of nitrogens with zero attached hydrogens (tertiary/aromatic N) is 2. The number of benzene rings is 2. The van der Waals surface area contributed by atoms with Gasteiger partial charge in [-0.15, -0.1) is 0 Å². The van der Waals surface area contributed by atoms with E-state index in [2.05, 4.69) is 22.8 Å². The smallest absolute Gasteiger partial charge is 0.159 e. The average molecular weight is 287 g/mol. The van der Waals surface area contributed by atoms with Crippen LogP contribution in [0, 0.1) is 11.3 Å². The van der Waals surface area contributed by atoms with Crippen molar-refractivity contribution in [3.63, 3.8) is 0 Å². The van der Waals surface area contributed by atoms with Crippen LogP contribution in [-0.4, -0.2) is 16.0 Å². The van der Waals surface area contributed by atoms with Gasteiger partial charge in [0.25, 0.3) is 0 Å². The van der Waals surface area contributed by atoms with Crippen LogP contribution in [0.4, 0.5) is 0 Å². The van der Waals surface area contributed by atoms with Crippen molar-refractivity contribution >= 4 is 16.7 Å². The molecule has 1 aromatic heterocycles. The van der Waals surface area contributed by atoms with E-state index >= 15 is 0 Å². The Morgan fingerprint density at radius 3 is 2.91 bits per heavy atom. The van der Waals surface area contributed by atoms with E-state index in [1.54, 1.807) is 12.1 Å². The maximum Gasteiger partial charge on any atom is 0.159 e. The third-order valence-electron chi connectivity index (χ3n) is 3.47. The minimum atomic E-state index is -0.0760. The van der Waals surface area contributed by atoms with Gasteiger partial charge >= 0.3 is 0 Å². The van der Waals surface area contributed by atoms with Crippen LogP contribution < -0.4 is 0 Å². The lowest BCUT2D eigenvalue weighted by Crippen LogP contribution is -1.99. The molecule has 0 saturated carbocycles. The van der Waals surface area contributed by atoms with E-state index in [1.807, 2.05) is 30.3 Å². The molecule has 0 amide bonds. The second-order valence-electron chi connectivity index (χ2n) is 5.00. The van der Waals surface area contributed by atoms with Gasteiger partial charge in [-0.2, -0.15) is 10.4 Å². The van der Waals surface area contributed by atoms with Gasteiger partial charge in [0.05, 0.1) is 22.8 Å². The maximum atomic E-state index is 11.6. The van der Waals surface area contributed by atoms with Gasteiger partial charge in [0, 0.05) is 17.4 Å². The van der Waals surface area contributed by atoms with Crippen LogP contribution in [-0.2, 0) is 11.2 Å². The molecule has 4 nitrogen and oxygen atoms in total. The number of fused-ring (bicyclic) bond motifs is 1. The first-order valence-corrected chi connectivity index (χ1v) is 6.84. The molecule has 2 aromatic carbocycles. The summed E-state index contributed by atoms with van der Waals surface area (Å²) in [5.41, 5.74) is 3.83. The molecule has 0 atom stereocenters. The van der Waals surface area contributed by atoms with Crippen molar-refractivity contribution in [3.05, 3.63) is 66.2 Å². The van der Waals surface area contributed by atoms with Crippen LogP contribution in [0.25, 0.3) is 22.2 Å². The van der Waals surface area contributed by atoms with Gasteiger partial charge in [0.1, 0.15) is 0 Å². The molecule has 0 fully saturated rings. The Morgan fingerprint density at radius 2 is 2.14 bits per heavy atom. The minimum absolute atomic E-state index is 0.0760. The summed E-state index contributed by atoms with van der Waals surface area (Å²) in [6.45, 7) is 3.48. The molecule has 0 unspecified atom stereocenters. The van der Waals surface area contributed by atoms with Gasteiger partial charge in [0.2, 0.25) is 0 Å². The number of aromatic nitrogens is 2. The number of ketones is 1. The van der Waals surface area contributed by atoms with E-state index in [0.29, 0.717) is 5.56 Å². The van der Waals surface area contributed by atoms with E-state index in [-0.39, 0.29) is 12.2 Å². The van der Waals surface area contributed by atoms with Crippen LogP contribution in [0.1, 0.15) is 11.1 Å². The number of allylic oxidation sites excluding steroid dienone is 1. The molecule has 106 valence electrons. The van der Waals surface area contributed by atoms with Crippen LogP contribution in [0.2, 0.25) is 0 Å². The number of nitriles is 1. The molecule has 0 aliphatic heterocycles. The van der Waals surface area contributed by atoms with Crippen LogP contribution in [0.15, 0.2) is 55.1 Å². The monoisotopic (exact) mass is 287 g/mol. The number of hydrogen-bond acceptors (Lipinski definition) is 3. The molecule has 4 heteroatoms. The summed E-state index contributed by atoms with van der Waals surface area (Å²) >= 11 is 0. The highest BCUT2D eigenvalue weighted by Crippen LogP contribution is 2.27. The first-order valence-electron chi connectivity index (χ1n) is 6.84. The molecule has 0 aliphatic carbocycles. The zero-order chi connectivity index (χ0) is 15.5. The van der Waals surface area contributed by atoms with Crippen molar-refractivity contribution in [1.29, 1.82) is 5.26 Å². The molecule has 3 aromatic rings. The molecule has 0 bridgehead atoms. The molecule has 0 saturated heterocycles. The van der Waals surface area contributed by atoms with Gasteiger partial charge < -0.3 is 0 Å². The van der Waals surface area contributed by atoms with Crippen molar-refractivity contribution in [3.8, 4) is 17.3 Å². The Hall–Kier alpha value is -3.19. The maximum absolute atomic E-state index is 11.6. The fourth-order valence-corrected chi connectivity index (χ4v) is 2.45. The molecule has 3 rings (SSSR count). The Bertz CT molecular complexity index is 915. The molecule has 0 spiro atoms. The van der Waals surface area contributed by atoms with Crippen LogP contribution in [0.5, 0.6) is 0 Å². The predicted molar refractivity (Wildman–Crippen MR) is 85.2 cm³/mol. The summed E-state index contributed by atoms with van der Waals surface area (Å²) in [4.78, 5) is 11.6. The van der Waals surface area contributed by atoms with Gasteiger partial charge in [-0.1, -0.05) is 24.8 Å². The van der Waals surface area contributed by atoms with Gasteiger partial charge in [-0.25, -0.2) is 0 Å². The number of carbonyl (C=O) groups is 1. The Labute approximate surface area is 127 Å². The number of H-pyrrole nitrogens is 1. The van der Waals surface area contributed by atoms with Crippen molar-refractivity contribution < 1.29 is 4.79 Å². The van der Waals surface area contributed by atoms with Crippen LogP contribution >= 0.6 is 0 Å². The first-order chi connectivity index (χ1) is 10.7. The van der Waals surface area contributed by atoms with E-state index in [4.69, 9.17) is 0 Å². The van der Waals surface area contributed by atoms with Gasteiger partial charge in [-0.3, -0.25) is 9.89 Å². The number of carbonyl (C=O) groups excluding carboxylic acids is 1. The number of aromatic amines is 1. The standard InChI is InChI=1S/C18H13N3O/c1-2-15(22)10-12-7-13(11-19)9-14(8-12)18-16-5-3-4-6-17(16)20-21-18/h2-9H,1,10H2,(H,20,21). The zero-order valence-corrected chi connectivity index (χ0v) is 11.8. The third-order valence-corrected chi connectivity index (χ3v) is 3.47. The summed E-state index contributed by atoms with van der Waals surface area (Å²) in [6.07, 6.45) is 1.52.